The minimum atomic E-state index is -0.775. The second-order valence-corrected chi connectivity index (χ2v) is 23.4. The number of rotatable bonds is 64. The summed E-state index contributed by atoms with van der Waals surface area (Å²) in [5.74, 6) is -0.859. The maximum absolute atomic E-state index is 12.9. The van der Waals surface area contributed by atoms with Crippen molar-refractivity contribution in [3.8, 4) is 0 Å². The van der Waals surface area contributed by atoms with E-state index in [-0.39, 0.29) is 31.1 Å². The number of esters is 3. The third-order valence-corrected chi connectivity index (χ3v) is 15.6. The molecule has 0 aromatic rings. The largest absolute Gasteiger partial charge is 0.462 e. The topological polar surface area (TPSA) is 78.9 Å². The molecule has 0 radical (unpaired) electrons. The zero-order chi connectivity index (χ0) is 55.7. The Morgan fingerprint density at radius 2 is 0.494 bits per heavy atom. The van der Waals surface area contributed by atoms with Crippen LogP contribution >= 0.6 is 0 Å². The van der Waals surface area contributed by atoms with Crippen molar-refractivity contribution in [3.05, 3.63) is 36.5 Å². The molecule has 0 aliphatic heterocycles. The van der Waals surface area contributed by atoms with Crippen molar-refractivity contribution in [2.45, 2.75) is 386 Å². The zero-order valence-electron chi connectivity index (χ0n) is 52.0. The average Bonchev–Trinajstić information content (AvgIpc) is 3.43. The second-order valence-electron chi connectivity index (χ2n) is 23.4. The molecule has 0 saturated heterocycles. The lowest BCUT2D eigenvalue weighted by Gasteiger charge is -2.18. The number of hydrogen-bond donors (Lipinski definition) is 0. The van der Waals surface area contributed by atoms with Crippen molar-refractivity contribution in [3.63, 3.8) is 0 Å². The highest BCUT2D eigenvalue weighted by Gasteiger charge is 2.19. The van der Waals surface area contributed by atoms with Gasteiger partial charge in [0.05, 0.1) is 0 Å². The van der Waals surface area contributed by atoms with Gasteiger partial charge >= 0.3 is 17.9 Å². The van der Waals surface area contributed by atoms with Gasteiger partial charge in [-0.2, -0.15) is 0 Å². The number of unbranched alkanes of at least 4 members (excludes halogenated alkanes) is 47. The zero-order valence-corrected chi connectivity index (χ0v) is 52.0. The van der Waals surface area contributed by atoms with E-state index < -0.39 is 6.10 Å². The van der Waals surface area contributed by atoms with Crippen molar-refractivity contribution < 1.29 is 28.6 Å². The minimum Gasteiger partial charge on any atom is -0.462 e. The van der Waals surface area contributed by atoms with E-state index >= 15 is 0 Å². The maximum atomic E-state index is 12.9. The molecule has 0 bridgehead atoms. The van der Waals surface area contributed by atoms with Gasteiger partial charge in [-0.15, -0.1) is 0 Å². The highest BCUT2D eigenvalue weighted by Crippen LogP contribution is 2.18. The van der Waals surface area contributed by atoms with Gasteiger partial charge < -0.3 is 14.2 Å². The van der Waals surface area contributed by atoms with Gasteiger partial charge in [-0.25, -0.2) is 0 Å². The summed E-state index contributed by atoms with van der Waals surface area (Å²) in [6.45, 7) is 6.63. The Balaban J connectivity index is 4.17. The summed E-state index contributed by atoms with van der Waals surface area (Å²) < 4.78 is 16.9. The molecule has 0 aliphatic rings. The molecule has 0 fully saturated rings. The molecule has 1 unspecified atom stereocenters. The van der Waals surface area contributed by atoms with Crippen LogP contribution in [0.3, 0.4) is 0 Å². The molecule has 0 spiro atoms. The van der Waals surface area contributed by atoms with E-state index in [1.165, 1.54) is 257 Å². The van der Waals surface area contributed by atoms with Gasteiger partial charge in [0.15, 0.2) is 6.10 Å². The molecule has 6 heteroatoms. The Morgan fingerprint density at radius 1 is 0.260 bits per heavy atom. The molecular weight excluding hydrogens is 949 g/mol. The van der Waals surface area contributed by atoms with Gasteiger partial charge in [-0.05, 0) is 70.6 Å². The quantitative estimate of drug-likeness (QED) is 0.0261. The van der Waals surface area contributed by atoms with Crippen LogP contribution in [0.15, 0.2) is 36.5 Å². The van der Waals surface area contributed by atoms with Crippen LogP contribution in [-0.2, 0) is 28.6 Å². The molecule has 0 heterocycles. The van der Waals surface area contributed by atoms with Gasteiger partial charge in [0.25, 0.3) is 0 Å². The summed E-state index contributed by atoms with van der Waals surface area (Å²) >= 11 is 0. The molecule has 1 atom stereocenters. The van der Waals surface area contributed by atoms with Crippen LogP contribution in [0.5, 0.6) is 0 Å². The molecule has 0 amide bonds. The van der Waals surface area contributed by atoms with Gasteiger partial charge in [-0.1, -0.05) is 327 Å². The Hall–Kier alpha value is -2.37. The summed E-state index contributed by atoms with van der Waals surface area (Å²) in [5.41, 5.74) is 0. The second kappa shape index (κ2) is 66.1. The van der Waals surface area contributed by atoms with Crippen LogP contribution in [0.4, 0.5) is 0 Å². The first-order valence-electron chi connectivity index (χ1n) is 34.5. The normalized spacial score (nSPS) is 12.2. The van der Waals surface area contributed by atoms with Crippen LogP contribution in [0, 0.1) is 0 Å². The molecule has 0 rings (SSSR count). The number of hydrogen-bond acceptors (Lipinski definition) is 6. The maximum Gasteiger partial charge on any atom is 0.306 e. The highest BCUT2D eigenvalue weighted by molar-refractivity contribution is 5.71. The van der Waals surface area contributed by atoms with E-state index in [0.29, 0.717) is 19.3 Å². The molecule has 0 aromatic heterocycles. The van der Waals surface area contributed by atoms with Gasteiger partial charge in [0, 0.05) is 19.3 Å². The molecule has 0 N–H and O–H groups in total. The lowest BCUT2D eigenvalue weighted by molar-refractivity contribution is -0.167. The number of allylic oxidation sites excluding steroid dienone is 6. The Morgan fingerprint density at radius 3 is 0.779 bits per heavy atom. The van der Waals surface area contributed by atoms with Crippen molar-refractivity contribution in [1.82, 2.24) is 0 Å². The van der Waals surface area contributed by atoms with Crippen molar-refractivity contribution >= 4 is 17.9 Å². The molecular formula is C71H132O6. The van der Waals surface area contributed by atoms with Gasteiger partial charge in [-0.3, -0.25) is 14.4 Å². The van der Waals surface area contributed by atoms with E-state index in [0.717, 1.165) is 83.5 Å². The first-order valence-corrected chi connectivity index (χ1v) is 34.5. The fourth-order valence-corrected chi connectivity index (χ4v) is 10.4. The summed E-state index contributed by atoms with van der Waals surface area (Å²) in [7, 11) is 0. The Labute approximate surface area is 480 Å². The first kappa shape index (κ1) is 74.6. The Bertz CT molecular complexity index is 1290. The predicted molar refractivity (Wildman–Crippen MR) is 335 cm³/mol. The molecule has 0 saturated carbocycles. The van der Waals surface area contributed by atoms with E-state index in [1.54, 1.807) is 0 Å². The minimum absolute atomic E-state index is 0.0713. The van der Waals surface area contributed by atoms with Crippen LogP contribution in [0.25, 0.3) is 0 Å². The molecule has 6 nitrogen and oxygen atoms in total. The molecule has 452 valence electrons. The number of carbonyl (C=O) groups is 3. The van der Waals surface area contributed by atoms with E-state index in [9.17, 15) is 14.4 Å². The summed E-state index contributed by atoms with van der Waals surface area (Å²) in [5, 5.41) is 0. The molecule has 0 aliphatic carbocycles. The van der Waals surface area contributed by atoms with E-state index in [4.69, 9.17) is 14.2 Å². The van der Waals surface area contributed by atoms with Crippen LogP contribution in [-0.4, -0.2) is 37.2 Å². The predicted octanol–water partition coefficient (Wildman–Crippen LogP) is 23.6. The summed E-state index contributed by atoms with van der Waals surface area (Å²) in [6.07, 6.45) is 81.8. The van der Waals surface area contributed by atoms with Crippen LogP contribution in [0.2, 0.25) is 0 Å². The fourth-order valence-electron chi connectivity index (χ4n) is 10.4. The Kier molecular flexibility index (Phi) is 64.1. The summed E-state index contributed by atoms with van der Waals surface area (Å²) in [4.78, 5) is 38.3. The van der Waals surface area contributed by atoms with Gasteiger partial charge in [0.2, 0.25) is 0 Å². The van der Waals surface area contributed by atoms with Crippen molar-refractivity contribution in [2.24, 2.45) is 0 Å². The highest BCUT2D eigenvalue weighted by atomic mass is 16.6. The van der Waals surface area contributed by atoms with Crippen LogP contribution in [0.1, 0.15) is 380 Å². The summed E-state index contributed by atoms with van der Waals surface area (Å²) in [6, 6.07) is 0. The number of carbonyl (C=O) groups excluding carboxylic acids is 3. The third-order valence-electron chi connectivity index (χ3n) is 15.6. The first-order chi connectivity index (χ1) is 38.0. The van der Waals surface area contributed by atoms with Crippen molar-refractivity contribution in [2.75, 3.05) is 13.2 Å². The molecule has 0 aromatic carbocycles. The van der Waals surface area contributed by atoms with Crippen molar-refractivity contribution in [1.29, 1.82) is 0 Å². The fraction of sp³-hybridized carbons (Fsp3) is 0.873. The lowest BCUT2D eigenvalue weighted by atomic mass is 10.0. The average molecular weight is 1080 g/mol. The van der Waals surface area contributed by atoms with E-state index in [1.807, 2.05) is 0 Å². The SMILES string of the molecule is CCC/C=C\C/C=C\CCCCCCCC(=O)OCC(COC(=O)CCCCCCCCCCCCCCCCCCC/C=C\CCCCCCCCCC)OC(=O)CCCCCCCCCCCCCCCCCCC. The monoisotopic (exact) mass is 1080 g/mol. The van der Waals surface area contributed by atoms with Gasteiger partial charge in [0.1, 0.15) is 13.2 Å². The third kappa shape index (κ3) is 64.3. The van der Waals surface area contributed by atoms with E-state index in [2.05, 4.69) is 57.2 Å². The number of ether oxygens (including phenoxy) is 3. The standard InChI is InChI=1S/C71H132O6/c1-4-7-10-13-16-19-22-25-27-29-30-31-32-33-34-35-36-37-38-39-40-42-43-46-49-52-55-58-61-64-70(73)76-67-68(66-75-69(72)63-60-57-54-51-48-45-24-21-18-15-12-9-6-3)77-71(74)65-62-59-56-53-50-47-44-41-28-26-23-20-17-14-11-8-5-2/h12,15,21,24,29-30,68H,4-11,13-14,16-20,22-23,25-28,31-67H2,1-3H3/b15-12-,24-21-,30-29-. The van der Waals surface area contributed by atoms with Crippen LogP contribution < -0.4 is 0 Å². The smallest absolute Gasteiger partial charge is 0.306 e. The lowest BCUT2D eigenvalue weighted by Crippen LogP contribution is -2.30. The molecule has 77 heavy (non-hydrogen) atoms.